The van der Waals surface area contributed by atoms with Crippen molar-refractivity contribution in [3.8, 4) is 0 Å². The van der Waals surface area contributed by atoms with Crippen LogP contribution in [0, 0.1) is 0 Å². The van der Waals surface area contributed by atoms with E-state index in [2.05, 4.69) is 22.4 Å². The predicted octanol–water partition coefficient (Wildman–Crippen LogP) is 2.89. The molecule has 2 aromatic rings. The summed E-state index contributed by atoms with van der Waals surface area (Å²) in [4.78, 5) is 4.50. The molecular weight excluding hydrogens is 252 g/mol. The molecule has 0 fully saturated rings. The molecule has 4 heteroatoms. The lowest BCUT2D eigenvalue weighted by Crippen LogP contribution is -2.34. The maximum absolute atomic E-state index is 5.69. The van der Waals surface area contributed by atoms with Crippen LogP contribution in [-0.4, -0.2) is 31.5 Å². The molecule has 1 aromatic carbocycles. The number of para-hydroxylation sites is 1. The topological polar surface area (TPSA) is 43.4 Å². The van der Waals surface area contributed by atoms with Crippen molar-refractivity contribution in [2.24, 2.45) is 0 Å². The highest BCUT2D eigenvalue weighted by Gasteiger charge is 2.23. The summed E-state index contributed by atoms with van der Waals surface area (Å²) in [5.74, 6) is 0. The minimum absolute atomic E-state index is 0.0352. The largest absolute Gasteiger partial charge is 0.351 e. The maximum Gasteiger partial charge on any atom is 0.176 e. The van der Waals surface area contributed by atoms with Crippen LogP contribution in [0.25, 0.3) is 10.9 Å². The third-order valence-corrected chi connectivity index (χ3v) is 3.22. The van der Waals surface area contributed by atoms with E-state index in [4.69, 9.17) is 9.47 Å². The number of hydrogen-bond donors (Lipinski definition) is 1. The molecule has 0 radical (unpaired) electrons. The van der Waals surface area contributed by atoms with Gasteiger partial charge >= 0.3 is 0 Å². The number of nitrogens with zero attached hydrogens (tertiary/aromatic N) is 1. The van der Waals surface area contributed by atoms with Gasteiger partial charge in [0.1, 0.15) is 0 Å². The zero-order valence-corrected chi connectivity index (χ0v) is 12.3. The SMILES string of the molecule is CCOC(OCC)C(NC)c1cnc2ccccc2c1. The Kier molecular flexibility index (Phi) is 5.47. The number of fused-ring (bicyclic) bond motifs is 1. The van der Waals surface area contributed by atoms with E-state index in [1.165, 1.54) is 0 Å². The maximum atomic E-state index is 5.69. The van der Waals surface area contributed by atoms with Gasteiger partial charge in [0.15, 0.2) is 6.29 Å². The molecule has 0 saturated carbocycles. The standard InChI is InChI=1S/C16H22N2O2/c1-4-19-16(20-5-2)15(17-3)13-10-12-8-6-7-9-14(12)18-11-13/h6-11,15-17H,4-5H2,1-3H3. The third-order valence-electron chi connectivity index (χ3n) is 3.22. The smallest absolute Gasteiger partial charge is 0.176 e. The minimum atomic E-state index is -0.307. The fraction of sp³-hybridized carbons (Fsp3) is 0.438. The molecule has 1 unspecified atom stereocenters. The number of pyridine rings is 1. The highest BCUT2D eigenvalue weighted by atomic mass is 16.7. The van der Waals surface area contributed by atoms with Crippen molar-refractivity contribution in [1.29, 1.82) is 0 Å². The Bertz CT molecular complexity index is 539. The Labute approximate surface area is 120 Å². The van der Waals surface area contributed by atoms with E-state index in [0.29, 0.717) is 13.2 Å². The normalized spacial score (nSPS) is 13.0. The third kappa shape index (κ3) is 3.33. The van der Waals surface area contributed by atoms with Gasteiger partial charge in [-0.15, -0.1) is 0 Å². The van der Waals surface area contributed by atoms with Crippen molar-refractivity contribution in [2.45, 2.75) is 26.2 Å². The molecule has 0 aliphatic heterocycles. The Hall–Kier alpha value is -1.49. The number of rotatable bonds is 7. The monoisotopic (exact) mass is 274 g/mol. The molecule has 0 aliphatic carbocycles. The number of hydrogen-bond acceptors (Lipinski definition) is 4. The van der Waals surface area contributed by atoms with Crippen LogP contribution in [0.4, 0.5) is 0 Å². The molecule has 0 amide bonds. The van der Waals surface area contributed by atoms with Crippen LogP contribution in [0.1, 0.15) is 25.5 Å². The van der Waals surface area contributed by atoms with Gasteiger partial charge in [0, 0.05) is 24.8 Å². The van der Waals surface area contributed by atoms with Gasteiger partial charge in [-0.05, 0) is 38.6 Å². The van der Waals surface area contributed by atoms with E-state index >= 15 is 0 Å². The molecule has 0 bridgehead atoms. The van der Waals surface area contributed by atoms with Gasteiger partial charge in [0.25, 0.3) is 0 Å². The van der Waals surface area contributed by atoms with Crippen molar-refractivity contribution in [3.63, 3.8) is 0 Å². The van der Waals surface area contributed by atoms with Crippen molar-refractivity contribution in [1.82, 2.24) is 10.3 Å². The highest BCUT2D eigenvalue weighted by molar-refractivity contribution is 5.78. The number of nitrogens with one attached hydrogen (secondary N) is 1. The summed E-state index contributed by atoms with van der Waals surface area (Å²) in [6.45, 7) is 5.17. The highest BCUT2D eigenvalue weighted by Crippen LogP contribution is 2.23. The van der Waals surface area contributed by atoms with Crippen molar-refractivity contribution < 1.29 is 9.47 Å². The molecule has 0 aliphatic rings. The van der Waals surface area contributed by atoms with Crippen LogP contribution in [0.15, 0.2) is 36.5 Å². The van der Waals surface area contributed by atoms with Crippen LogP contribution in [-0.2, 0) is 9.47 Å². The Morgan fingerprint density at radius 2 is 1.85 bits per heavy atom. The summed E-state index contributed by atoms with van der Waals surface area (Å²) in [6, 6.07) is 10.2. The van der Waals surface area contributed by atoms with Gasteiger partial charge in [0.05, 0.1) is 11.6 Å². The van der Waals surface area contributed by atoms with E-state index in [0.717, 1.165) is 16.5 Å². The molecule has 1 N–H and O–H groups in total. The number of aromatic nitrogens is 1. The second-order valence-corrected chi connectivity index (χ2v) is 4.51. The molecule has 1 atom stereocenters. The lowest BCUT2D eigenvalue weighted by atomic mass is 10.1. The molecule has 1 aromatic heterocycles. The van der Waals surface area contributed by atoms with Gasteiger partial charge in [-0.1, -0.05) is 18.2 Å². The summed E-state index contributed by atoms with van der Waals surface area (Å²) in [5.41, 5.74) is 2.06. The molecule has 0 spiro atoms. The predicted molar refractivity (Wildman–Crippen MR) is 80.6 cm³/mol. The Morgan fingerprint density at radius 3 is 2.50 bits per heavy atom. The van der Waals surface area contributed by atoms with E-state index in [9.17, 15) is 0 Å². The summed E-state index contributed by atoms with van der Waals surface area (Å²) < 4.78 is 11.4. The van der Waals surface area contributed by atoms with Crippen molar-refractivity contribution >= 4 is 10.9 Å². The molecule has 0 saturated heterocycles. The first-order chi connectivity index (χ1) is 9.80. The lowest BCUT2D eigenvalue weighted by Gasteiger charge is -2.26. The molecule has 4 nitrogen and oxygen atoms in total. The first kappa shape index (κ1) is 14.9. The van der Waals surface area contributed by atoms with Gasteiger partial charge < -0.3 is 14.8 Å². The summed E-state index contributed by atoms with van der Waals surface area (Å²) in [5, 5.41) is 4.38. The van der Waals surface area contributed by atoms with E-state index in [1.807, 2.05) is 45.3 Å². The van der Waals surface area contributed by atoms with E-state index in [1.54, 1.807) is 0 Å². The minimum Gasteiger partial charge on any atom is -0.351 e. The second kappa shape index (κ2) is 7.33. The molecule has 108 valence electrons. The van der Waals surface area contributed by atoms with Crippen LogP contribution < -0.4 is 5.32 Å². The van der Waals surface area contributed by atoms with Crippen LogP contribution in [0.3, 0.4) is 0 Å². The summed E-state index contributed by atoms with van der Waals surface area (Å²) in [7, 11) is 1.91. The van der Waals surface area contributed by atoms with Gasteiger partial charge in [-0.2, -0.15) is 0 Å². The average Bonchev–Trinajstić information content (AvgIpc) is 2.48. The fourth-order valence-electron chi connectivity index (χ4n) is 2.29. The zero-order chi connectivity index (χ0) is 14.4. The van der Waals surface area contributed by atoms with Gasteiger partial charge in [-0.25, -0.2) is 0 Å². The summed E-state index contributed by atoms with van der Waals surface area (Å²) in [6.07, 6.45) is 1.58. The Morgan fingerprint density at radius 1 is 1.15 bits per heavy atom. The molecular formula is C16H22N2O2. The van der Waals surface area contributed by atoms with E-state index in [-0.39, 0.29) is 12.3 Å². The zero-order valence-electron chi connectivity index (χ0n) is 12.3. The van der Waals surface area contributed by atoms with Crippen LogP contribution in [0.5, 0.6) is 0 Å². The molecule has 20 heavy (non-hydrogen) atoms. The average molecular weight is 274 g/mol. The lowest BCUT2D eigenvalue weighted by molar-refractivity contribution is -0.154. The number of likely N-dealkylation sites (N-methyl/N-ethyl adjacent to an activating group) is 1. The quantitative estimate of drug-likeness (QED) is 0.788. The van der Waals surface area contributed by atoms with Crippen molar-refractivity contribution in [3.05, 3.63) is 42.1 Å². The van der Waals surface area contributed by atoms with Crippen LogP contribution in [0.2, 0.25) is 0 Å². The molecule has 1 heterocycles. The van der Waals surface area contributed by atoms with Gasteiger partial charge in [0.2, 0.25) is 0 Å². The van der Waals surface area contributed by atoms with Crippen LogP contribution >= 0.6 is 0 Å². The first-order valence-corrected chi connectivity index (χ1v) is 7.05. The van der Waals surface area contributed by atoms with Gasteiger partial charge in [-0.3, -0.25) is 4.98 Å². The fourth-order valence-corrected chi connectivity index (χ4v) is 2.29. The summed E-state index contributed by atoms with van der Waals surface area (Å²) >= 11 is 0. The molecule has 2 rings (SSSR count). The number of benzene rings is 1. The number of ether oxygens (including phenoxy) is 2. The second-order valence-electron chi connectivity index (χ2n) is 4.51. The van der Waals surface area contributed by atoms with Crippen molar-refractivity contribution in [2.75, 3.05) is 20.3 Å². The van der Waals surface area contributed by atoms with E-state index < -0.39 is 0 Å². The first-order valence-electron chi connectivity index (χ1n) is 7.05. The Balaban J connectivity index is 2.31.